The van der Waals surface area contributed by atoms with Crippen molar-refractivity contribution >= 4 is 5.96 Å². The van der Waals surface area contributed by atoms with Crippen LogP contribution in [0.15, 0.2) is 53.5 Å². The zero-order valence-electron chi connectivity index (χ0n) is 16.6. The van der Waals surface area contributed by atoms with Crippen LogP contribution in [0.3, 0.4) is 0 Å². The second kappa shape index (κ2) is 10.2. The topological polar surface area (TPSA) is 48.9 Å². The van der Waals surface area contributed by atoms with Crippen molar-refractivity contribution in [2.24, 2.45) is 4.99 Å². The molecule has 5 nitrogen and oxygen atoms in total. The van der Waals surface area contributed by atoms with Gasteiger partial charge in [-0.2, -0.15) is 0 Å². The molecule has 1 aliphatic heterocycles. The Bertz CT molecular complexity index is 796. The zero-order valence-corrected chi connectivity index (χ0v) is 16.6. The second-order valence-corrected chi connectivity index (χ2v) is 7.15. The number of rotatable bonds is 6. The Morgan fingerprint density at radius 1 is 1.11 bits per heavy atom. The first-order chi connectivity index (χ1) is 13.6. The van der Waals surface area contributed by atoms with Crippen molar-refractivity contribution in [3.8, 4) is 0 Å². The SMILES string of the molecule is CN=C(NCc1cccc(F)c1)NCc1cccc(CN2CCOC(C)C2)c1. The van der Waals surface area contributed by atoms with Gasteiger partial charge in [-0.25, -0.2) is 4.39 Å². The number of ether oxygens (including phenoxy) is 1. The maximum absolute atomic E-state index is 13.3. The summed E-state index contributed by atoms with van der Waals surface area (Å²) >= 11 is 0. The lowest BCUT2D eigenvalue weighted by atomic mass is 10.1. The first-order valence-electron chi connectivity index (χ1n) is 9.73. The van der Waals surface area contributed by atoms with Crippen LogP contribution >= 0.6 is 0 Å². The molecule has 0 bridgehead atoms. The molecule has 150 valence electrons. The third-order valence-electron chi connectivity index (χ3n) is 4.76. The molecule has 1 unspecified atom stereocenters. The number of nitrogens with zero attached hydrogens (tertiary/aromatic N) is 2. The fourth-order valence-electron chi connectivity index (χ4n) is 3.37. The summed E-state index contributed by atoms with van der Waals surface area (Å²) in [6.45, 7) is 7.00. The molecular formula is C22H29FN4O. The molecule has 1 saturated heterocycles. The molecule has 0 saturated carbocycles. The van der Waals surface area contributed by atoms with Crippen LogP contribution in [0, 0.1) is 5.82 Å². The van der Waals surface area contributed by atoms with Crippen LogP contribution < -0.4 is 10.6 Å². The Morgan fingerprint density at radius 3 is 2.46 bits per heavy atom. The monoisotopic (exact) mass is 384 g/mol. The van der Waals surface area contributed by atoms with Gasteiger partial charge in [0, 0.05) is 39.8 Å². The summed E-state index contributed by atoms with van der Waals surface area (Å²) in [5.74, 6) is 0.463. The molecule has 2 aromatic carbocycles. The lowest BCUT2D eigenvalue weighted by Crippen LogP contribution is -2.40. The van der Waals surface area contributed by atoms with Gasteiger partial charge in [0.1, 0.15) is 5.82 Å². The molecule has 0 spiro atoms. The maximum Gasteiger partial charge on any atom is 0.191 e. The van der Waals surface area contributed by atoms with Crippen LogP contribution in [0.1, 0.15) is 23.6 Å². The van der Waals surface area contributed by atoms with Gasteiger partial charge in [0.05, 0.1) is 12.7 Å². The van der Waals surface area contributed by atoms with Crippen LogP contribution in [0.4, 0.5) is 4.39 Å². The van der Waals surface area contributed by atoms with Gasteiger partial charge in [-0.05, 0) is 35.7 Å². The van der Waals surface area contributed by atoms with Crippen LogP contribution in [0.5, 0.6) is 0 Å². The number of hydrogen-bond donors (Lipinski definition) is 2. The smallest absolute Gasteiger partial charge is 0.191 e. The summed E-state index contributed by atoms with van der Waals surface area (Å²) in [6.07, 6.45) is 0.297. The largest absolute Gasteiger partial charge is 0.376 e. The molecule has 0 radical (unpaired) electrons. The minimum atomic E-state index is -0.228. The molecule has 0 aliphatic carbocycles. The first kappa shape index (κ1) is 20.3. The number of guanidine groups is 1. The second-order valence-electron chi connectivity index (χ2n) is 7.15. The van der Waals surface area contributed by atoms with Crippen LogP contribution in [-0.2, 0) is 24.4 Å². The van der Waals surface area contributed by atoms with E-state index in [1.54, 1.807) is 13.1 Å². The molecule has 28 heavy (non-hydrogen) atoms. The maximum atomic E-state index is 13.3. The minimum absolute atomic E-state index is 0.228. The zero-order chi connectivity index (χ0) is 19.8. The van der Waals surface area contributed by atoms with Crippen molar-refractivity contribution in [1.82, 2.24) is 15.5 Å². The number of hydrogen-bond acceptors (Lipinski definition) is 3. The Labute approximate surface area is 166 Å². The molecule has 1 heterocycles. The van der Waals surface area contributed by atoms with Gasteiger partial charge in [-0.1, -0.05) is 36.4 Å². The fraction of sp³-hybridized carbons (Fsp3) is 0.409. The summed E-state index contributed by atoms with van der Waals surface area (Å²) in [4.78, 5) is 6.67. The molecule has 0 amide bonds. The number of benzene rings is 2. The quantitative estimate of drug-likeness (QED) is 0.594. The van der Waals surface area contributed by atoms with Gasteiger partial charge in [0.2, 0.25) is 0 Å². The van der Waals surface area contributed by atoms with Crippen molar-refractivity contribution in [2.75, 3.05) is 26.7 Å². The van der Waals surface area contributed by atoms with E-state index >= 15 is 0 Å². The summed E-state index contributed by atoms with van der Waals surface area (Å²) in [6, 6.07) is 15.2. The third-order valence-corrected chi connectivity index (χ3v) is 4.76. The van der Waals surface area contributed by atoms with Crippen LogP contribution in [0.2, 0.25) is 0 Å². The molecule has 1 atom stereocenters. The Kier molecular flexibility index (Phi) is 7.39. The standard InChI is InChI=1S/C22H29FN4O/c1-17-15-27(9-10-28-17)16-20-7-3-5-18(11-20)13-25-22(24-2)26-14-19-6-4-8-21(23)12-19/h3-8,11-12,17H,9-10,13-16H2,1-2H3,(H2,24,25,26). The molecule has 6 heteroatoms. The van der Waals surface area contributed by atoms with Crippen molar-refractivity contribution < 1.29 is 9.13 Å². The van der Waals surface area contributed by atoms with E-state index in [4.69, 9.17) is 4.74 Å². The predicted molar refractivity (Wildman–Crippen MR) is 111 cm³/mol. The summed E-state index contributed by atoms with van der Waals surface area (Å²) < 4.78 is 18.9. The van der Waals surface area contributed by atoms with Gasteiger partial charge < -0.3 is 15.4 Å². The van der Waals surface area contributed by atoms with E-state index in [0.717, 1.165) is 31.8 Å². The highest BCUT2D eigenvalue weighted by atomic mass is 19.1. The molecule has 1 fully saturated rings. The highest BCUT2D eigenvalue weighted by Gasteiger charge is 2.16. The predicted octanol–water partition coefficient (Wildman–Crippen LogP) is 2.91. The number of nitrogens with one attached hydrogen (secondary N) is 2. The van der Waals surface area contributed by atoms with Crippen LogP contribution in [-0.4, -0.2) is 43.7 Å². The van der Waals surface area contributed by atoms with Gasteiger partial charge in [-0.3, -0.25) is 9.89 Å². The molecule has 1 aliphatic rings. The first-order valence-corrected chi connectivity index (χ1v) is 9.73. The lowest BCUT2D eigenvalue weighted by molar-refractivity contribution is -0.0212. The van der Waals surface area contributed by atoms with E-state index in [9.17, 15) is 4.39 Å². The Balaban J connectivity index is 1.50. The van der Waals surface area contributed by atoms with E-state index in [0.29, 0.717) is 25.2 Å². The highest BCUT2D eigenvalue weighted by molar-refractivity contribution is 5.79. The summed E-state index contributed by atoms with van der Waals surface area (Å²) in [5, 5.41) is 6.54. The Morgan fingerprint density at radius 2 is 1.79 bits per heavy atom. The minimum Gasteiger partial charge on any atom is -0.376 e. The highest BCUT2D eigenvalue weighted by Crippen LogP contribution is 2.12. The van der Waals surface area contributed by atoms with E-state index in [2.05, 4.69) is 51.7 Å². The summed E-state index contributed by atoms with van der Waals surface area (Å²) in [7, 11) is 1.73. The molecule has 2 aromatic rings. The van der Waals surface area contributed by atoms with E-state index in [-0.39, 0.29) is 5.82 Å². The van der Waals surface area contributed by atoms with Gasteiger partial charge >= 0.3 is 0 Å². The van der Waals surface area contributed by atoms with Crippen molar-refractivity contribution in [1.29, 1.82) is 0 Å². The fourth-order valence-corrected chi connectivity index (χ4v) is 3.37. The Hall–Kier alpha value is -2.44. The van der Waals surface area contributed by atoms with Crippen LogP contribution in [0.25, 0.3) is 0 Å². The van der Waals surface area contributed by atoms with Gasteiger partial charge in [0.15, 0.2) is 5.96 Å². The van der Waals surface area contributed by atoms with Gasteiger partial charge in [0.25, 0.3) is 0 Å². The van der Waals surface area contributed by atoms with E-state index < -0.39 is 0 Å². The van der Waals surface area contributed by atoms with Gasteiger partial charge in [-0.15, -0.1) is 0 Å². The molecule has 3 rings (SSSR count). The normalized spacial score (nSPS) is 18.1. The number of morpholine rings is 1. The van der Waals surface area contributed by atoms with E-state index in [1.165, 1.54) is 23.3 Å². The average molecular weight is 384 g/mol. The summed E-state index contributed by atoms with van der Waals surface area (Å²) in [5.41, 5.74) is 3.38. The average Bonchev–Trinajstić information content (AvgIpc) is 2.68. The lowest BCUT2D eigenvalue weighted by Gasteiger charge is -2.31. The van der Waals surface area contributed by atoms with Crippen molar-refractivity contribution in [3.05, 3.63) is 71.0 Å². The number of halogens is 1. The molecular weight excluding hydrogens is 355 g/mol. The molecule has 2 N–H and O–H groups in total. The van der Waals surface area contributed by atoms with Crippen molar-refractivity contribution in [3.63, 3.8) is 0 Å². The van der Waals surface area contributed by atoms with E-state index in [1.807, 2.05) is 6.07 Å². The molecule has 0 aromatic heterocycles. The third kappa shape index (κ3) is 6.32. The van der Waals surface area contributed by atoms with Crippen molar-refractivity contribution in [2.45, 2.75) is 32.7 Å². The number of aliphatic imine (C=N–C) groups is 1.